The summed E-state index contributed by atoms with van der Waals surface area (Å²) >= 11 is 6.85. The van der Waals surface area contributed by atoms with Gasteiger partial charge in [-0.2, -0.15) is 17.7 Å². The van der Waals surface area contributed by atoms with Crippen LogP contribution in [0.4, 0.5) is 5.13 Å². The molecule has 3 aromatic rings. The van der Waals surface area contributed by atoms with Gasteiger partial charge in [0, 0.05) is 11.1 Å². The van der Waals surface area contributed by atoms with E-state index in [0.717, 1.165) is 20.9 Å². The Morgan fingerprint density at radius 1 is 1.38 bits per heavy atom. The van der Waals surface area contributed by atoms with Crippen LogP contribution in [0.5, 0.6) is 0 Å². The van der Waals surface area contributed by atoms with Crippen LogP contribution in [0.15, 0.2) is 27.9 Å². The highest BCUT2D eigenvalue weighted by Crippen LogP contribution is 2.45. The molecular formula is C19H17N11O6S3. The fourth-order valence-corrected chi connectivity index (χ4v) is 6.41. The van der Waals surface area contributed by atoms with E-state index in [9.17, 15) is 24.3 Å². The van der Waals surface area contributed by atoms with Gasteiger partial charge in [-0.15, -0.1) is 32.8 Å². The molecule has 5 rings (SSSR count). The molecule has 5 heterocycles. The molecule has 202 valence electrons. The van der Waals surface area contributed by atoms with Gasteiger partial charge < -0.3 is 26.7 Å². The molecule has 0 saturated carbocycles. The van der Waals surface area contributed by atoms with E-state index in [2.05, 4.69) is 48.7 Å². The van der Waals surface area contributed by atoms with Crippen molar-refractivity contribution in [1.29, 1.82) is 0 Å². The van der Waals surface area contributed by atoms with Crippen LogP contribution in [0.2, 0.25) is 0 Å². The van der Waals surface area contributed by atoms with Crippen molar-refractivity contribution >= 4 is 75.9 Å². The smallest absolute Gasteiger partial charge is 0.352 e. The summed E-state index contributed by atoms with van der Waals surface area (Å²) in [4.78, 5) is 60.1. The van der Waals surface area contributed by atoms with E-state index >= 15 is 0 Å². The van der Waals surface area contributed by atoms with Gasteiger partial charge >= 0.3 is 5.97 Å². The SMILES string of the molecule is CO/N=C(/C(=O)NC1C(=O)N2C(C(=O)O)=C(C(S)c3cc(C(N)=O)c4nnnn4n3)CSC12)c1csc(N)n1. The molecule has 3 atom stereocenters. The van der Waals surface area contributed by atoms with Crippen molar-refractivity contribution in [3.63, 3.8) is 0 Å². The van der Waals surface area contributed by atoms with Crippen LogP contribution in [-0.2, 0) is 19.2 Å². The number of aromatic nitrogens is 6. The molecule has 0 spiro atoms. The average molecular weight is 592 g/mol. The van der Waals surface area contributed by atoms with Crippen molar-refractivity contribution in [2.24, 2.45) is 10.9 Å². The third-order valence-corrected chi connectivity index (χ3v) is 8.27. The zero-order chi connectivity index (χ0) is 28.0. The number of aliphatic carboxylic acids is 1. The molecule has 3 amide bonds. The molecule has 1 fully saturated rings. The van der Waals surface area contributed by atoms with Gasteiger partial charge in [-0.05, 0) is 22.1 Å². The van der Waals surface area contributed by atoms with Crippen LogP contribution in [0.25, 0.3) is 5.65 Å². The number of thiazole rings is 1. The molecular weight excluding hydrogens is 574 g/mol. The maximum absolute atomic E-state index is 13.1. The number of carbonyl (C=O) groups is 4. The Kier molecular flexibility index (Phi) is 6.82. The second-order valence-corrected chi connectivity index (χ2v) is 10.5. The van der Waals surface area contributed by atoms with E-state index in [4.69, 9.17) is 16.3 Å². The Bertz CT molecular complexity index is 1600. The number of primary amides is 1. The molecule has 6 N–H and O–H groups in total. The lowest BCUT2D eigenvalue weighted by Crippen LogP contribution is -2.71. The number of carboxylic acid groups (broad SMARTS) is 1. The second-order valence-electron chi connectivity index (χ2n) is 7.97. The number of hydrogen-bond acceptors (Lipinski definition) is 15. The number of nitrogens with two attached hydrogens (primary N) is 2. The highest BCUT2D eigenvalue weighted by atomic mass is 32.2. The lowest BCUT2D eigenvalue weighted by molar-refractivity contribution is -0.150. The fourth-order valence-electron chi connectivity index (χ4n) is 4.01. The molecule has 3 unspecified atom stereocenters. The molecule has 1 saturated heterocycles. The number of oxime groups is 1. The standard InChI is InChI=1S/C19H17N11O6S3/c1-36-26-9(8-4-39-19(21)22-8)15(32)23-10-16(33)29-11(18(34)35)6(3-38-17(10)29)12(37)7-2-5(13(20)31)14-24-27-28-30(14)25-7/h2,4,10,12,17,37H,3H2,1H3,(H2,20,31)(H2,21,22)(H,23,32)(H,34,35)/b26-9+. The third kappa shape index (κ3) is 4.51. The summed E-state index contributed by atoms with van der Waals surface area (Å²) in [6.07, 6.45) is 0. The molecule has 39 heavy (non-hydrogen) atoms. The Hall–Kier alpha value is -4.30. The molecule has 0 bridgehead atoms. The van der Waals surface area contributed by atoms with Crippen molar-refractivity contribution in [3.8, 4) is 0 Å². The topological polar surface area (TPSA) is 246 Å². The number of β-lactam (4-membered cyclic amide) rings is 1. The maximum Gasteiger partial charge on any atom is 0.352 e. The van der Waals surface area contributed by atoms with Gasteiger partial charge in [-0.1, -0.05) is 5.16 Å². The van der Waals surface area contributed by atoms with E-state index in [1.54, 1.807) is 0 Å². The Morgan fingerprint density at radius 2 is 2.15 bits per heavy atom. The summed E-state index contributed by atoms with van der Waals surface area (Å²) in [6, 6.07) is 0.268. The second kappa shape index (κ2) is 10.1. The minimum atomic E-state index is -1.38. The number of amides is 3. The van der Waals surface area contributed by atoms with Gasteiger partial charge in [0.05, 0.1) is 16.5 Å². The van der Waals surface area contributed by atoms with Gasteiger partial charge in [-0.3, -0.25) is 19.3 Å². The monoisotopic (exact) mass is 591 g/mol. The molecule has 17 nitrogen and oxygen atoms in total. The molecule has 0 aromatic carbocycles. The van der Waals surface area contributed by atoms with E-state index < -0.39 is 40.4 Å². The maximum atomic E-state index is 13.1. The first-order valence-corrected chi connectivity index (χ1v) is 13.2. The lowest BCUT2D eigenvalue weighted by atomic mass is 9.99. The molecule has 0 radical (unpaired) electrons. The van der Waals surface area contributed by atoms with E-state index in [0.29, 0.717) is 0 Å². The zero-order valence-electron chi connectivity index (χ0n) is 19.6. The molecule has 20 heteroatoms. The number of thiol groups is 1. The largest absolute Gasteiger partial charge is 0.477 e. The van der Waals surface area contributed by atoms with Crippen LogP contribution in [0, 0.1) is 0 Å². The average Bonchev–Trinajstić information content (AvgIpc) is 3.56. The highest BCUT2D eigenvalue weighted by Gasteiger charge is 2.55. The van der Waals surface area contributed by atoms with Crippen molar-refractivity contribution in [2.75, 3.05) is 18.6 Å². The highest BCUT2D eigenvalue weighted by molar-refractivity contribution is 8.00. The normalized spacial score (nSPS) is 19.9. The van der Waals surface area contributed by atoms with Crippen LogP contribution >= 0.6 is 35.7 Å². The summed E-state index contributed by atoms with van der Waals surface area (Å²) in [7, 11) is 1.24. The van der Waals surface area contributed by atoms with E-state index in [-0.39, 0.29) is 50.5 Å². The van der Waals surface area contributed by atoms with Crippen molar-refractivity contribution < 1.29 is 29.1 Å². The van der Waals surface area contributed by atoms with E-state index in [1.807, 2.05) is 0 Å². The third-order valence-electron chi connectivity index (χ3n) is 5.72. The molecule has 0 aliphatic carbocycles. The molecule has 3 aromatic heterocycles. The minimum absolute atomic E-state index is 0.0190. The summed E-state index contributed by atoms with van der Waals surface area (Å²) in [5.74, 6) is -3.51. The summed E-state index contributed by atoms with van der Waals surface area (Å²) in [6.45, 7) is 0. The minimum Gasteiger partial charge on any atom is -0.477 e. The number of tetrazole rings is 1. The predicted molar refractivity (Wildman–Crippen MR) is 139 cm³/mol. The number of carboxylic acids is 1. The first kappa shape index (κ1) is 26.3. The van der Waals surface area contributed by atoms with Crippen LogP contribution in [-0.4, -0.2) is 93.9 Å². The molecule has 2 aliphatic heterocycles. The van der Waals surface area contributed by atoms with Crippen LogP contribution in [0.3, 0.4) is 0 Å². The number of carbonyl (C=O) groups excluding carboxylic acids is 3. The number of anilines is 1. The number of nitrogens with zero attached hydrogens (tertiary/aromatic N) is 8. The van der Waals surface area contributed by atoms with Crippen molar-refractivity contribution in [3.05, 3.63) is 39.7 Å². The van der Waals surface area contributed by atoms with Gasteiger partial charge in [0.2, 0.25) is 5.65 Å². The van der Waals surface area contributed by atoms with Crippen LogP contribution < -0.4 is 16.8 Å². The Balaban J connectivity index is 1.43. The number of nitrogen functional groups attached to an aromatic ring is 1. The number of thioether (sulfide) groups is 1. The number of rotatable bonds is 8. The summed E-state index contributed by atoms with van der Waals surface area (Å²) in [5.41, 5.74) is 11.1. The van der Waals surface area contributed by atoms with Gasteiger partial charge in [0.25, 0.3) is 17.7 Å². The zero-order valence-corrected chi connectivity index (χ0v) is 22.1. The number of hydrogen-bond donors (Lipinski definition) is 5. The summed E-state index contributed by atoms with van der Waals surface area (Å²) in [5, 5.41) is 31.4. The predicted octanol–water partition coefficient (Wildman–Crippen LogP) is -1.58. The van der Waals surface area contributed by atoms with Gasteiger partial charge in [0.15, 0.2) is 10.8 Å². The Labute approximate surface area is 231 Å². The van der Waals surface area contributed by atoms with Crippen LogP contribution in [0.1, 0.15) is 27.0 Å². The number of nitrogens with one attached hydrogen (secondary N) is 1. The van der Waals surface area contributed by atoms with Gasteiger partial charge in [-0.25, -0.2) is 9.78 Å². The first-order valence-electron chi connectivity index (χ1n) is 10.7. The van der Waals surface area contributed by atoms with Crippen molar-refractivity contribution in [1.82, 2.24) is 40.5 Å². The Morgan fingerprint density at radius 3 is 2.79 bits per heavy atom. The number of fused-ring (bicyclic) bond motifs is 2. The van der Waals surface area contributed by atoms with Gasteiger partial charge in [0.1, 0.15) is 29.9 Å². The van der Waals surface area contributed by atoms with E-state index in [1.165, 1.54) is 30.3 Å². The quantitative estimate of drug-likeness (QED) is 0.0860. The first-order chi connectivity index (χ1) is 18.6. The lowest BCUT2D eigenvalue weighted by Gasteiger charge is -2.49. The van der Waals surface area contributed by atoms with Crippen molar-refractivity contribution in [2.45, 2.75) is 16.7 Å². The fraction of sp³-hybridized carbons (Fsp3) is 0.263. The molecule has 2 aliphatic rings. The summed E-state index contributed by atoms with van der Waals surface area (Å²) < 4.78 is 0.980.